The maximum absolute atomic E-state index is 12.7. The monoisotopic (exact) mass is 285 g/mol. The summed E-state index contributed by atoms with van der Waals surface area (Å²) in [5.74, 6) is -1.58. The van der Waals surface area contributed by atoms with Crippen LogP contribution in [0.1, 0.15) is 18.1 Å². The summed E-state index contributed by atoms with van der Waals surface area (Å²) in [5.41, 5.74) is -1.32. The second kappa shape index (κ2) is 6.14. The molecule has 0 aromatic carbocycles. The molecular weight excluding hydrogens is 275 g/mol. The van der Waals surface area contributed by atoms with Gasteiger partial charge in [-0.2, -0.15) is 18.4 Å². The number of imide groups is 1. The molecule has 0 aliphatic rings. The molecule has 106 valence electrons. The van der Waals surface area contributed by atoms with E-state index in [1.165, 1.54) is 0 Å². The van der Waals surface area contributed by atoms with Crippen molar-refractivity contribution in [2.24, 2.45) is 0 Å². The van der Waals surface area contributed by atoms with Gasteiger partial charge in [0.25, 0.3) is 0 Å². The summed E-state index contributed by atoms with van der Waals surface area (Å²) in [5, 5.41) is 8.50. The van der Waals surface area contributed by atoms with Crippen LogP contribution in [0.15, 0.2) is 18.5 Å². The van der Waals surface area contributed by atoms with E-state index in [9.17, 15) is 22.8 Å². The van der Waals surface area contributed by atoms with E-state index >= 15 is 0 Å². The summed E-state index contributed by atoms with van der Waals surface area (Å²) in [4.78, 5) is 27.1. The molecule has 0 radical (unpaired) electrons. The van der Waals surface area contributed by atoms with Gasteiger partial charge in [-0.15, -0.1) is 0 Å². The number of halogens is 3. The molecule has 0 fully saturated rings. The maximum atomic E-state index is 12.7. The third kappa shape index (κ3) is 3.78. The molecule has 1 heterocycles. The number of aromatic nitrogens is 1. The van der Waals surface area contributed by atoms with E-state index in [4.69, 9.17) is 5.26 Å². The Morgan fingerprint density at radius 3 is 2.60 bits per heavy atom. The highest BCUT2D eigenvalue weighted by atomic mass is 19.4. The predicted molar refractivity (Wildman–Crippen MR) is 61.0 cm³/mol. The molecule has 0 spiro atoms. The zero-order valence-electron chi connectivity index (χ0n) is 10.4. The fraction of sp³-hybridized carbons (Fsp3) is 0.333. The zero-order chi connectivity index (χ0) is 15.3. The number of rotatable bonds is 3. The number of hydrogen-bond acceptors (Lipinski definition) is 4. The van der Waals surface area contributed by atoms with Crippen molar-refractivity contribution >= 4 is 11.8 Å². The van der Waals surface area contributed by atoms with Gasteiger partial charge in [0, 0.05) is 19.3 Å². The molecular formula is C12H10F3N3O2. The lowest BCUT2D eigenvalue weighted by Gasteiger charge is -2.17. The van der Waals surface area contributed by atoms with Crippen LogP contribution in [-0.4, -0.2) is 28.2 Å². The number of hydrogen-bond donors (Lipinski definition) is 0. The SMILES string of the molecule is CC(=O)N(CC#N)C(=O)Cc1cnccc1C(F)(F)F. The quantitative estimate of drug-likeness (QED) is 0.789. The molecule has 1 aromatic rings. The average Bonchev–Trinajstić information content (AvgIpc) is 2.34. The van der Waals surface area contributed by atoms with E-state index in [2.05, 4.69) is 4.98 Å². The summed E-state index contributed by atoms with van der Waals surface area (Å²) >= 11 is 0. The predicted octanol–water partition coefficient (Wildman–Crippen LogP) is 1.54. The fourth-order valence-corrected chi connectivity index (χ4v) is 1.55. The standard InChI is InChI=1S/C12H10F3N3O2/c1-8(19)18(5-3-16)11(20)6-9-7-17-4-2-10(9)12(13,14)15/h2,4,7H,5-6H2,1H3. The molecule has 0 saturated heterocycles. The fourth-order valence-electron chi connectivity index (χ4n) is 1.55. The third-order valence-electron chi connectivity index (χ3n) is 2.46. The molecule has 0 N–H and O–H groups in total. The highest BCUT2D eigenvalue weighted by Gasteiger charge is 2.34. The zero-order valence-corrected chi connectivity index (χ0v) is 10.4. The van der Waals surface area contributed by atoms with Gasteiger partial charge in [-0.3, -0.25) is 19.5 Å². The minimum absolute atomic E-state index is 0.339. The van der Waals surface area contributed by atoms with Gasteiger partial charge in [-0.25, -0.2) is 0 Å². The molecule has 0 aliphatic carbocycles. The van der Waals surface area contributed by atoms with E-state index < -0.39 is 36.5 Å². The normalized spacial score (nSPS) is 10.8. The summed E-state index contributed by atoms with van der Waals surface area (Å²) in [7, 11) is 0. The molecule has 8 heteroatoms. The molecule has 0 atom stereocenters. The van der Waals surface area contributed by atoms with Crippen molar-refractivity contribution in [2.75, 3.05) is 6.54 Å². The molecule has 20 heavy (non-hydrogen) atoms. The molecule has 0 bridgehead atoms. The van der Waals surface area contributed by atoms with E-state index in [1.807, 2.05) is 0 Å². The molecule has 5 nitrogen and oxygen atoms in total. The number of carbonyl (C=O) groups is 2. The summed E-state index contributed by atoms with van der Waals surface area (Å²) in [6.07, 6.45) is -3.38. The van der Waals surface area contributed by atoms with Gasteiger partial charge < -0.3 is 0 Å². The van der Waals surface area contributed by atoms with Crippen molar-refractivity contribution in [3.05, 3.63) is 29.6 Å². The molecule has 0 unspecified atom stereocenters. The maximum Gasteiger partial charge on any atom is 0.416 e. The number of nitriles is 1. The Labute approximate surface area is 112 Å². The Hall–Kier alpha value is -2.43. The topological polar surface area (TPSA) is 74.1 Å². The van der Waals surface area contributed by atoms with Gasteiger partial charge in [0.15, 0.2) is 0 Å². The van der Waals surface area contributed by atoms with Crippen LogP contribution in [0.25, 0.3) is 0 Å². The Kier molecular flexibility index (Phi) is 4.80. The first-order valence-corrected chi connectivity index (χ1v) is 5.45. The van der Waals surface area contributed by atoms with E-state index in [-0.39, 0.29) is 5.56 Å². The second-order valence-electron chi connectivity index (χ2n) is 3.86. The minimum Gasteiger partial charge on any atom is -0.275 e. The first kappa shape index (κ1) is 15.6. The number of alkyl halides is 3. The summed E-state index contributed by atoms with van der Waals surface area (Å²) in [6, 6.07) is 2.36. The molecule has 2 amide bonds. The molecule has 1 rings (SSSR count). The highest BCUT2D eigenvalue weighted by molar-refractivity contribution is 5.95. The average molecular weight is 285 g/mol. The van der Waals surface area contributed by atoms with E-state index in [0.29, 0.717) is 4.90 Å². The Morgan fingerprint density at radius 2 is 2.10 bits per heavy atom. The minimum atomic E-state index is -4.62. The van der Waals surface area contributed by atoms with Crippen LogP contribution >= 0.6 is 0 Å². The number of nitrogens with zero attached hydrogens (tertiary/aromatic N) is 3. The van der Waals surface area contributed by atoms with Gasteiger partial charge >= 0.3 is 6.18 Å². The first-order valence-electron chi connectivity index (χ1n) is 5.45. The van der Waals surface area contributed by atoms with Crippen molar-refractivity contribution in [1.82, 2.24) is 9.88 Å². The van der Waals surface area contributed by atoms with Gasteiger partial charge in [0.1, 0.15) is 6.54 Å². The Morgan fingerprint density at radius 1 is 1.45 bits per heavy atom. The lowest BCUT2D eigenvalue weighted by atomic mass is 10.1. The largest absolute Gasteiger partial charge is 0.416 e. The van der Waals surface area contributed by atoms with Crippen LogP contribution in [0.2, 0.25) is 0 Å². The lowest BCUT2D eigenvalue weighted by molar-refractivity contribution is -0.142. The summed E-state index contributed by atoms with van der Waals surface area (Å²) in [6.45, 7) is 0.554. The van der Waals surface area contributed by atoms with Crippen molar-refractivity contribution in [3.8, 4) is 6.07 Å². The van der Waals surface area contributed by atoms with Crippen LogP contribution in [0.4, 0.5) is 13.2 Å². The van der Waals surface area contributed by atoms with Crippen molar-refractivity contribution in [2.45, 2.75) is 19.5 Å². The van der Waals surface area contributed by atoms with Gasteiger partial charge in [0.05, 0.1) is 18.1 Å². The van der Waals surface area contributed by atoms with Crippen LogP contribution in [0, 0.1) is 11.3 Å². The Balaban J connectivity index is 3.02. The third-order valence-corrected chi connectivity index (χ3v) is 2.46. The van der Waals surface area contributed by atoms with Gasteiger partial charge in [-0.05, 0) is 11.6 Å². The summed E-state index contributed by atoms with van der Waals surface area (Å²) < 4.78 is 38.2. The van der Waals surface area contributed by atoms with E-state index in [0.717, 1.165) is 25.4 Å². The van der Waals surface area contributed by atoms with Gasteiger partial charge in [-0.1, -0.05) is 0 Å². The smallest absolute Gasteiger partial charge is 0.275 e. The highest BCUT2D eigenvalue weighted by Crippen LogP contribution is 2.31. The number of carbonyl (C=O) groups excluding carboxylic acids is 2. The second-order valence-corrected chi connectivity index (χ2v) is 3.86. The van der Waals surface area contributed by atoms with Gasteiger partial charge in [0.2, 0.25) is 11.8 Å². The van der Waals surface area contributed by atoms with Crippen LogP contribution < -0.4 is 0 Å². The lowest BCUT2D eigenvalue weighted by Crippen LogP contribution is -2.36. The van der Waals surface area contributed by atoms with Crippen LogP contribution in [-0.2, 0) is 22.2 Å². The Bertz CT molecular complexity index is 564. The van der Waals surface area contributed by atoms with Crippen LogP contribution in [0.3, 0.4) is 0 Å². The van der Waals surface area contributed by atoms with Crippen molar-refractivity contribution in [3.63, 3.8) is 0 Å². The number of amides is 2. The van der Waals surface area contributed by atoms with E-state index in [1.54, 1.807) is 6.07 Å². The number of pyridine rings is 1. The first-order chi connectivity index (χ1) is 9.27. The molecule has 0 aliphatic heterocycles. The molecule has 0 saturated carbocycles. The van der Waals surface area contributed by atoms with Crippen molar-refractivity contribution < 1.29 is 22.8 Å². The van der Waals surface area contributed by atoms with Crippen LogP contribution in [0.5, 0.6) is 0 Å². The van der Waals surface area contributed by atoms with Crippen molar-refractivity contribution in [1.29, 1.82) is 5.26 Å². The molecule has 1 aromatic heterocycles.